The largest absolute Gasteiger partial charge is 0.379 e. The van der Waals surface area contributed by atoms with Crippen molar-refractivity contribution >= 4 is 43.9 Å². The highest BCUT2D eigenvalue weighted by Crippen LogP contribution is 2.24. The van der Waals surface area contributed by atoms with E-state index in [-0.39, 0.29) is 10.6 Å². The summed E-state index contributed by atoms with van der Waals surface area (Å²) in [5, 5.41) is 7.54. The molecule has 0 radical (unpaired) electrons. The van der Waals surface area contributed by atoms with Gasteiger partial charge < -0.3 is 20.4 Å². The molecule has 0 unspecified atom stereocenters. The van der Waals surface area contributed by atoms with Crippen LogP contribution >= 0.6 is 0 Å². The van der Waals surface area contributed by atoms with Crippen molar-refractivity contribution in [2.45, 2.75) is 11.8 Å². The molecule has 182 valence electrons. The number of aromatic amines is 1. The Labute approximate surface area is 204 Å². The predicted molar refractivity (Wildman–Crippen MR) is 137 cm³/mol. The zero-order chi connectivity index (χ0) is 24.3. The molecule has 0 bridgehead atoms. The Hall–Kier alpha value is -3.47. The smallest absolute Gasteiger partial charge is 0.229 e. The Morgan fingerprint density at radius 1 is 1.03 bits per heavy atom. The molecule has 1 fully saturated rings. The summed E-state index contributed by atoms with van der Waals surface area (Å²) in [5.41, 5.74) is 3.71. The van der Waals surface area contributed by atoms with E-state index < -0.39 is 9.84 Å². The van der Waals surface area contributed by atoms with Gasteiger partial charge in [-0.05, 0) is 55.5 Å². The van der Waals surface area contributed by atoms with Gasteiger partial charge >= 0.3 is 0 Å². The zero-order valence-corrected chi connectivity index (χ0v) is 20.3. The van der Waals surface area contributed by atoms with E-state index >= 15 is 0 Å². The van der Waals surface area contributed by atoms with Crippen LogP contribution in [0.15, 0.2) is 65.7 Å². The molecule has 10 heteroatoms. The maximum atomic E-state index is 12.9. The molecule has 0 aliphatic carbocycles. The molecule has 2 aromatic carbocycles. The Balaban J connectivity index is 1.26. The molecular formula is C25H28N6O3S. The van der Waals surface area contributed by atoms with Crippen LogP contribution in [0.25, 0.3) is 10.9 Å². The van der Waals surface area contributed by atoms with Crippen molar-refractivity contribution in [2.24, 2.45) is 0 Å². The number of nitrogens with zero attached hydrogens (tertiary/aromatic N) is 3. The number of benzene rings is 2. The second-order valence-corrected chi connectivity index (χ2v) is 10.7. The lowest BCUT2D eigenvalue weighted by Gasteiger charge is -2.26. The van der Waals surface area contributed by atoms with Gasteiger partial charge in [0.1, 0.15) is 5.82 Å². The number of aryl methyl sites for hydroxylation is 1. The maximum absolute atomic E-state index is 12.9. The highest BCUT2D eigenvalue weighted by atomic mass is 32.2. The van der Waals surface area contributed by atoms with E-state index in [1.165, 1.54) is 0 Å². The molecule has 0 saturated carbocycles. The normalized spacial score (nSPS) is 14.8. The Morgan fingerprint density at radius 3 is 2.71 bits per heavy atom. The van der Waals surface area contributed by atoms with E-state index in [2.05, 4.69) is 42.6 Å². The number of H-pyrrole nitrogens is 1. The van der Waals surface area contributed by atoms with E-state index in [0.29, 0.717) is 37.2 Å². The summed E-state index contributed by atoms with van der Waals surface area (Å²) >= 11 is 0. The Kier molecular flexibility index (Phi) is 6.67. The lowest BCUT2D eigenvalue weighted by atomic mass is 10.2. The fourth-order valence-electron chi connectivity index (χ4n) is 4.08. The van der Waals surface area contributed by atoms with Gasteiger partial charge in [0.25, 0.3) is 0 Å². The summed E-state index contributed by atoms with van der Waals surface area (Å²) in [5.74, 6) is 1.07. The second-order valence-electron chi connectivity index (χ2n) is 8.57. The van der Waals surface area contributed by atoms with Crippen molar-refractivity contribution in [1.82, 2.24) is 19.9 Å². The van der Waals surface area contributed by atoms with E-state index in [4.69, 9.17) is 4.74 Å². The molecule has 9 nitrogen and oxygen atoms in total. The molecule has 1 saturated heterocycles. The minimum Gasteiger partial charge on any atom is -0.379 e. The Morgan fingerprint density at radius 2 is 1.86 bits per heavy atom. The van der Waals surface area contributed by atoms with Gasteiger partial charge in [0, 0.05) is 53.8 Å². The molecule has 1 aliphatic rings. The van der Waals surface area contributed by atoms with Gasteiger partial charge in [-0.1, -0.05) is 6.07 Å². The summed E-state index contributed by atoms with van der Waals surface area (Å²) in [4.78, 5) is 14.5. The van der Waals surface area contributed by atoms with Crippen LogP contribution in [0.5, 0.6) is 0 Å². The number of ether oxygens (including phenoxy) is 1. The van der Waals surface area contributed by atoms with Crippen LogP contribution in [-0.4, -0.2) is 66.9 Å². The number of aromatic nitrogens is 3. The summed E-state index contributed by atoms with van der Waals surface area (Å²) < 4.78 is 31.1. The second kappa shape index (κ2) is 10.0. The van der Waals surface area contributed by atoms with Crippen LogP contribution in [0, 0.1) is 6.92 Å². The first-order valence-electron chi connectivity index (χ1n) is 11.5. The first-order chi connectivity index (χ1) is 16.9. The number of fused-ring (bicyclic) bond motifs is 1. The van der Waals surface area contributed by atoms with Gasteiger partial charge in [0.05, 0.1) is 23.9 Å². The van der Waals surface area contributed by atoms with E-state index in [9.17, 15) is 8.42 Å². The number of hydrogen-bond acceptors (Lipinski definition) is 8. The molecule has 3 heterocycles. The van der Waals surface area contributed by atoms with Crippen molar-refractivity contribution < 1.29 is 13.2 Å². The minimum atomic E-state index is -3.42. The zero-order valence-electron chi connectivity index (χ0n) is 19.5. The fourth-order valence-corrected chi connectivity index (χ4v) is 5.41. The lowest BCUT2D eigenvalue weighted by molar-refractivity contribution is 0.0408. The number of hydrogen-bond donors (Lipinski definition) is 3. The maximum Gasteiger partial charge on any atom is 0.229 e. The molecule has 35 heavy (non-hydrogen) atoms. The summed E-state index contributed by atoms with van der Waals surface area (Å²) in [6.45, 7) is 5.34. The van der Waals surface area contributed by atoms with Gasteiger partial charge in [-0.2, -0.15) is 4.98 Å². The van der Waals surface area contributed by atoms with Crippen molar-refractivity contribution in [3.05, 3.63) is 66.5 Å². The third-order valence-corrected chi connectivity index (χ3v) is 7.60. The third kappa shape index (κ3) is 5.79. The quantitative estimate of drug-likeness (QED) is 0.340. The van der Waals surface area contributed by atoms with Crippen LogP contribution in [0.1, 0.15) is 5.69 Å². The van der Waals surface area contributed by atoms with E-state index in [1.54, 1.807) is 36.5 Å². The van der Waals surface area contributed by atoms with Crippen molar-refractivity contribution in [3.63, 3.8) is 0 Å². The predicted octanol–water partition coefficient (Wildman–Crippen LogP) is 3.86. The Bertz CT molecular complexity index is 1430. The molecule has 2 aromatic heterocycles. The van der Waals surface area contributed by atoms with Gasteiger partial charge in [0.15, 0.2) is 9.84 Å². The van der Waals surface area contributed by atoms with Gasteiger partial charge in [-0.25, -0.2) is 13.4 Å². The first kappa shape index (κ1) is 23.3. The third-order valence-electron chi connectivity index (χ3n) is 5.91. The number of nitrogens with one attached hydrogen (secondary N) is 3. The van der Waals surface area contributed by atoms with Gasteiger partial charge in [-0.3, -0.25) is 4.90 Å². The average Bonchev–Trinajstić information content (AvgIpc) is 3.23. The molecule has 0 amide bonds. The average molecular weight is 493 g/mol. The highest BCUT2D eigenvalue weighted by Gasteiger charge is 2.18. The fraction of sp³-hybridized carbons (Fsp3) is 0.280. The van der Waals surface area contributed by atoms with E-state index in [1.807, 2.05) is 19.1 Å². The monoisotopic (exact) mass is 492 g/mol. The summed E-state index contributed by atoms with van der Waals surface area (Å²) in [7, 11) is -3.42. The highest BCUT2D eigenvalue weighted by molar-refractivity contribution is 7.91. The number of sulfone groups is 1. The molecule has 0 atom stereocenters. The van der Waals surface area contributed by atoms with Crippen molar-refractivity contribution in [3.8, 4) is 0 Å². The SMILES string of the molecule is Cc1cc2cc(Nc3ccnc(Nc4cccc(S(=O)(=O)CCN5CCOCC5)c4)n3)ccc2[nH]1. The number of anilines is 4. The van der Waals surface area contributed by atoms with Crippen molar-refractivity contribution in [1.29, 1.82) is 0 Å². The lowest BCUT2D eigenvalue weighted by Crippen LogP contribution is -2.39. The summed E-state index contributed by atoms with van der Waals surface area (Å²) in [6.07, 6.45) is 1.65. The van der Waals surface area contributed by atoms with Crippen LogP contribution < -0.4 is 10.6 Å². The molecule has 5 rings (SSSR count). The van der Waals surface area contributed by atoms with Crippen molar-refractivity contribution in [2.75, 3.05) is 49.2 Å². The van der Waals surface area contributed by atoms with Gasteiger partial charge in [0.2, 0.25) is 5.95 Å². The van der Waals surface area contributed by atoms with Crippen LogP contribution in [0.4, 0.5) is 23.1 Å². The molecule has 4 aromatic rings. The minimum absolute atomic E-state index is 0.0668. The van der Waals surface area contributed by atoms with Crippen LogP contribution in [0.3, 0.4) is 0 Å². The first-order valence-corrected chi connectivity index (χ1v) is 13.2. The molecular weight excluding hydrogens is 464 g/mol. The summed E-state index contributed by atoms with van der Waals surface area (Å²) in [6, 6.07) is 16.7. The van der Waals surface area contributed by atoms with Crippen LogP contribution in [0.2, 0.25) is 0 Å². The molecule has 0 spiro atoms. The van der Waals surface area contributed by atoms with Crippen LogP contribution in [-0.2, 0) is 14.6 Å². The topological polar surface area (TPSA) is 112 Å². The molecule has 1 aliphatic heterocycles. The standard InChI is InChI=1S/C25H28N6O3S/c1-18-15-19-16-21(5-6-23(19)27-18)28-24-7-8-26-25(30-24)29-20-3-2-4-22(17-20)35(32,33)14-11-31-9-12-34-13-10-31/h2-8,15-17,27H,9-14H2,1H3,(H2,26,28,29,30). The molecule has 3 N–H and O–H groups in total. The number of morpholine rings is 1. The number of rotatable bonds is 8. The van der Waals surface area contributed by atoms with E-state index in [0.717, 1.165) is 35.4 Å². The van der Waals surface area contributed by atoms with Gasteiger partial charge in [-0.15, -0.1) is 0 Å².